The van der Waals surface area contributed by atoms with Gasteiger partial charge in [0, 0.05) is 10.9 Å². The predicted molar refractivity (Wildman–Crippen MR) is 80.3 cm³/mol. The molecule has 0 aliphatic carbocycles. The number of aryl methyl sites for hydroxylation is 1. The van der Waals surface area contributed by atoms with Crippen molar-refractivity contribution in [2.24, 2.45) is 0 Å². The van der Waals surface area contributed by atoms with Crippen molar-refractivity contribution in [2.75, 3.05) is 0 Å². The number of fused-ring (bicyclic) bond motifs is 1. The van der Waals surface area contributed by atoms with Crippen LogP contribution in [0.25, 0.3) is 22.2 Å². The Labute approximate surface area is 121 Å². The Kier molecular flexibility index (Phi) is 2.99. The van der Waals surface area contributed by atoms with E-state index < -0.39 is 0 Å². The normalized spacial score (nSPS) is 10.9. The van der Waals surface area contributed by atoms with Crippen LogP contribution in [-0.2, 0) is 0 Å². The summed E-state index contributed by atoms with van der Waals surface area (Å²) in [6.07, 6.45) is 0. The molecule has 2 N–H and O–H groups in total. The van der Waals surface area contributed by atoms with E-state index in [1.54, 1.807) is 6.07 Å². The molecule has 0 fully saturated rings. The maximum absolute atomic E-state index is 9.61. The van der Waals surface area contributed by atoms with E-state index >= 15 is 0 Å². The Balaban J connectivity index is 2.30. The van der Waals surface area contributed by atoms with Gasteiger partial charge in [-0.25, -0.2) is 4.98 Å². The number of hydrogen-bond acceptors (Lipinski definition) is 3. The quantitative estimate of drug-likeness (QED) is 0.656. The molecule has 0 aliphatic heterocycles. The highest BCUT2D eigenvalue weighted by atomic mass is 35.5. The summed E-state index contributed by atoms with van der Waals surface area (Å²) in [7, 11) is 0. The van der Waals surface area contributed by atoms with Gasteiger partial charge in [-0.1, -0.05) is 29.8 Å². The maximum Gasteiger partial charge on any atom is 0.158 e. The number of nitrogens with zero attached hydrogens (tertiary/aromatic N) is 1. The van der Waals surface area contributed by atoms with Gasteiger partial charge in [0.2, 0.25) is 0 Å². The second-order valence-electron chi connectivity index (χ2n) is 4.62. The van der Waals surface area contributed by atoms with Crippen molar-refractivity contribution in [3.05, 3.63) is 53.1 Å². The zero-order chi connectivity index (χ0) is 14.3. The molecule has 2 aromatic carbocycles. The molecule has 0 spiro atoms. The predicted octanol–water partition coefficient (Wildman–Crippen LogP) is 4.27. The number of para-hydroxylation sites is 1. The minimum absolute atomic E-state index is 0.164. The molecule has 0 saturated heterocycles. The van der Waals surface area contributed by atoms with Gasteiger partial charge in [-0.05, 0) is 36.8 Å². The molecule has 1 heterocycles. The Morgan fingerprint density at radius 3 is 2.50 bits per heavy atom. The third kappa shape index (κ3) is 1.96. The standard InChI is InChI=1S/C16H12ClNO2/c1-9-11-4-2-3-5-12(11)18-16(15(9)17)10-6-7-13(19)14(20)8-10/h2-8,19-20H,1H3. The summed E-state index contributed by atoms with van der Waals surface area (Å²) in [4.78, 5) is 4.55. The molecule has 0 atom stereocenters. The Bertz CT molecular complexity index is 815. The largest absolute Gasteiger partial charge is 0.504 e. The minimum atomic E-state index is -0.189. The first-order chi connectivity index (χ1) is 9.58. The van der Waals surface area contributed by atoms with E-state index in [2.05, 4.69) is 4.98 Å². The van der Waals surface area contributed by atoms with Crippen LogP contribution in [-0.4, -0.2) is 15.2 Å². The number of phenolic OH excluding ortho intramolecular Hbond substituents is 2. The summed E-state index contributed by atoms with van der Waals surface area (Å²) in [5.74, 6) is -0.353. The highest BCUT2D eigenvalue weighted by Gasteiger charge is 2.13. The lowest BCUT2D eigenvalue weighted by atomic mass is 10.0. The van der Waals surface area contributed by atoms with Crippen molar-refractivity contribution in [3.8, 4) is 22.8 Å². The SMILES string of the molecule is Cc1c(Cl)c(-c2ccc(O)c(O)c2)nc2ccccc12. The van der Waals surface area contributed by atoms with Crippen molar-refractivity contribution >= 4 is 22.5 Å². The van der Waals surface area contributed by atoms with E-state index in [0.717, 1.165) is 16.5 Å². The third-order valence-corrected chi connectivity index (χ3v) is 3.79. The van der Waals surface area contributed by atoms with Crippen LogP contribution >= 0.6 is 11.6 Å². The Morgan fingerprint density at radius 1 is 1.00 bits per heavy atom. The average molecular weight is 286 g/mol. The fourth-order valence-corrected chi connectivity index (χ4v) is 2.47. The monoisotopic (exact) mass is 285 g/mol. The van der Waals surface area contributed by atoms with Crippen molar-refractivity contribution in [1.82, 2.24) is 4.98 Å². The molecule has 3 aromatic rings. The van der Waals surface area contributed by atoms with E-state index in [-0.39, 0.29) is 11.5 Å². The van der Waals surface area contributed by atoms with Gasteiger partial charge in [-0.3, -0.25) is 0 Å². The summed E-state index contributed by atoms with van der Waals surface area (Å²) in [6.45, 7) is 1.94. The van der Waals surface area contributed by atoms with Crippen molar-refractivity contribution < 1.29 is 10.2 Å². The van der Waals surface area contributed by atoms with Crippen LogP contribution in [0.15, 0.2) is 42.5 Å². The van der Waals surface area contributed by atoms with Gasteiger partial charge in [0.1, 0.15) is 0 Å². The van der Waals surface area contributed by atoms with E-state index in [0.29, 0.717) is 16.3 Å². The van der Waals surface area contributed by atoms with E-state index in [4.69, 9.17) is 11.6 Å². The van der Waals surface area contributed by atoms with Gasteiger partial charge in [0.05, 0.1) is 16.2 Å². The van der Waals surface area contributed by atoms with Crippen LogP contribution in [0, 0.1) is 6.92 Å². The molecule has 0 unspecified atom stereocenters. The molecule has 0 saturated carbocycles. The summed E-state index contributed by atoms with van der Waals surface area (Å²) in [5, 5.41) is 20.6. The topological polar surface area (TPSA) is 53.4 Å². The lowest BCUT2D eigenvalue weighted by Gasteiger charge is -2.10. The number of phenols is 2. The molecule has 0 bridgehead atoms. The fourth-order valence-electron chi connectivity index (χ4n) is 2.22. The second-order valence-corrected chi connectivity index (χ2v) is 5.00. The van der Waals surface area contributed by atoms with Crippen LogP contribution in [0.4, 0.5) is 0 Å². The van der Waals surface area contributed by atoms with E-state index in [1.807, 2.05) is 31.2 Å². The number of pyridine rings is 1. The molecule has 1 aromatic heterocycles. The van der Waals surface area contributed by atoms with Gasteiger partial charge < -0.3 is 10.2 Å². The molecule has 3 nitrogen and oxygen atoms in total. The van der Waals surface area contributed by atoms with E-state index in [9.17, 15) is 10.2 Å². The second kappa shape index (κ2) is 4.69. The number of hydrogen-bond donors (Lipinski definition) is 2. The number of rotatable bonds is 1. The maximum atomic E-state index is 9.61. The van der Waals surface area contributed by atoms with Gasteiger partial charge in [0.15, 0.2) is 11.5 Å². The lowest BCUT2D eigenvalue weighted by Crippen LogP contribution is -1.91. The Hall–Kier alpha value is -2.26. The van der Waals surface area contributed by atoms with Crippen LogP contribution < -0.4 is 0 Å². The third-order valence-electron chi connectivity index (χ3n) is 3.33. The summed E-state index contributed by atoms with van der Waals surface area (Å²) >= 11 is 6.39. The molecule has 0 radical (unpaired) electrons. The van der Waals surface area contributed by atoms with Crippen molar-refractivity contribution in [1.29, 1.82) is 0 Å². The smallest absolute Gasteiger partial charge is 0.158 e. The molecular formula is C16H12ClNO2. The minimum Gasteiger partial charge on any atom is -0.504 e. The summed E-state index contributed by atoms with van der Waals surface area (Å²) < 4.78 is 0. The highest BCUT2D eigenvalue weighted by molar-refractivity contribution is 6.34. The fraction of sp³-hybridized carbons (Fsp3) is 0.0625. The number of aromatic hydroxyl groups is 2. The first kappa shape index (κ1) is 12.8. The highest BCUT2D eigenvalue weighted by Crippen LogP contribution is 2.36. The summed E-state index contributed by atoms with van der Waals surface area (Å²) in [6, 6.07) is 12.3. The van der Waals surface area contributed by atoms with Crippen LogP contribution in [0.3, 0.4) is 0 Å². The molecule has 100 valence electrons. The average Bonchev–Trinajstić information content (AvgIpc) is 2.46. The van der Waals surface area contributed by atoms with Crippen molar-refractivity contribution in [2.45, 2.75) is 6.92 Å². The first-order valence-electron chi connectivity index (χ1n) is 6.15. The zero-order valence-corrected chi connectivity index (χ0v) is 11.5. The number of halogens is 1. The van der Waals surface area contributed by atoms with Crippen LogP contribution in [0.1, 0.15) is 5.56 Å². The van der Waals surface area contributed by atoms with Gasteiger partial charge in [-0.15, -0.1) is 0 Å². The Morgan fingerprint density at radius 2 is 1.75 bits per heavy atom. The van der Waals surface area contributed by atoms with Gasteiger partial charge >= 0.3 is 0 Å². The number of aromatic nitrogens is 1. The van der Waals surface area contributed by atoms with Gasteiger partial charge in [-0.2, -0.15) is 0 Å². The molecular weight excluding hydrogens is 274 g/mol. The molecule has 4 heteroatoms. The number of benzene rings is 2. The van der Waals surface area contributed by atoms with Gasteiger partial charge in [0.25, 0.3) is 0 Å². The first-order valence-corrected chi connectivity index (χ1v) is 6.53. The zero-order valence-electron chi connectivity index (χ0n) is 10.8. The van der Waals surface area contributed by atoms with Crippen LogP contribution in [0.2, 0.25) is 5.02 Å². The summed E-state index contributed by atoms with van der Waals surface area (Å²) in [5.41, 5.74) is 3.05. The van der Waals surface area contributed by atoms with Crippen molar-refractivity contribution in [3.63, 3.8) is 0 Å². The molecule has 0 amide bonds. The van der Waals surface area contributed by atoms with Crippen LogP contribution in [0.5, 0.6) is 11.5 Å². The lowest BCUT2D eigenvalue weighted by molar-refractivity contribution is 0.404. The molecule has 3 rings (SSSR count). The molecule has 0 aliphatic rings. The molecule has 20 heavy (non-hydrogen) atoms. The van der Waals surface area contributed by atoms with E-state index in [1.165, 1.54) is 12.1 Å².